The van der Waals surface area contributed by atoms with E-state index in [1.807, 2.05) is 0 Å². The van der Waals surface area contributed by atoms with Gasteiger partial charge in [0.1, 0.15) is 0 Å². The fourth-order valence-electron chi connectivity index (χ4n) is 3.14. The maximum Gasteiger partial charge on any atom is 0.416 e. The smallest absolute Gasteiger partial charge is 0.416 e. The van der Waals surface area contributed by atoms with Crippen LogP contribution in [0.5, 0.6) is 0 Å². The zero-order chi connectivity index (χ0) is 19.6. The fourth-order valence-corrected chi connectivity index (χ4v) is 3.14. The van der Waals surface area contributed by atoms with E-state index in [2.05, 4.69) is 5.32 Å². The number of carbonyl (C=O) groups is 2. The van der Waals surface area contributed by atoms with Gasteiger partial charge >= 0.3 is 12.1 Å². The summed E-state index contributed by atoms with van der Waals surface area (Å²) < 4.78 is 37.8. The van der Waals surface area contributed by atoms with E-state index in [9.17, 15) is 27.9 Å². The summed E-state index contributed by atoms with van der Waals surface area (Å²) in [5.41, 5.74) is 0.557. The second-order valence-corrected chi connectivity index (χ2v) is 6.62. The average molecular weight is 377 g/mol. The Hall–Kier alpha value is -2.83. The molecule has 1 amide bonds. The molecule has 1 aliphatic carbocycles. The molecule has 1 saturated carbocycles. The highest BCUT2D eigenvalue weighted by Crippen LogP contribution is 2.48. The first kappa shape index (κ1) is 18.9. The van der Waals surface area contributed by atoms with E-state index in [0.29, 0.717) is 17.5 Å². The number of nitrogens with one attached hydrogen (secondary N) is 1. The van der Waals surface area contributed by atoms with Crippen molar-refractivity contribution in [2.24, 2.45) is 5.92 Å². The quantitative estimate of drug-likeness (QED) is 0.805. The first-order chi connectivity index (χ1) is 12.8. The van der Waals surface area contributed by atoms with Gasteiger partial charge in [0.2, 0.25) is 5.91 Å². The number of carboxylic acid groups (broad SMARTS) is 1. The van der Waals surface area contributed by atoms with E-state index < -0.39 is 23.6 Å². The van der Waals surface area contributed by atoms with Gasteiger partial charge in [0, 0.05) is 12.5 Å². The molecule has 1 fully saturated rings. The Morgan fingerprint density at radius 1 is 1.07 bits per heavy atom. The van der Waals surface area contributed by atoms with Gasteiger partial charge in [-0.15, -0.1) is 0 Å². The minimum atomic E-state index is -4.39. The number of amides is 1. The molecule has 2 aromatic rings. The molecule has 0 radical (unpaired) electrons. The third-order valence-corrected chi connectivity index (χ3v) is 4.77. The van der Waals surface area contributed by atoms with Crippen LogP contribution in [0.25, 0.3) is 0 Å². The molecule has 3 unspecified atom stereocenters. The van der Waals surface area contributed by atoms with Gasteiger partial charge in [-0.2, -0.15) is 13.2 Å². The summed E-state index contributed by atoms with van der Waals surface area (Å²) in [4.78, 5) is 23.7. The van der Waals surface area contributed by atoms with Gasteiger partial charge in [-0.1, -0.05) is 42.5 Å². The van der Waals surface area contributed by atoms with E-state index >= 15 is 0 Å². The Bertz CT molecular complexity index is 819. The van der Waals surface area contributed by atoms with Crippen molar-refractivity contribution >= 4 is 11.9 Å². The van der Waals surface area contributed by atoms with Crippen molar-refractivity contribution < 1.29 is 27.9 Å². The summed E-state index contributed by atoms with van der Waals surface area (Å²) in [5, 5.41) is 12.0. The number of halogens is 3. The van der Waals surface area contributed by atoms with Gasteiger partial charge in [-0.25, -0.2) is 0 Å². The molecule has 142 valence electrons. The summed E-state index contributed by atoms with van der Waals surface area (Å²) in [6.45, 7) is -0.0333. The molecule has 3 atom stereocenters. The Morgan fingerprint density at radius 3 is 2.26 bits per heavy atom. The highest BCUT2D eigenvalue weighted by atomic mass is 19.4. The van der Waals surface area contributed by atoms with Crippen LogP contribution in [0.2, 0.25) is 0 Å². The second kappa shape index (κ2) is 7.42. The molecule has 2 N–H and O–H groups in total. The third kappa shape index (κ3) is 4.48. The van der Waals surface area contributed by atoms with Crippen molar-refractivity contribution in [3.05, 3.63) is 71.3 Å². The SMILES string of the molecule is O=C(O)C(CNC(=O)C1CC1c1ccc(C(F)(F)F)cc1)c1ccccc1. The van der Waals surface area contributed by atoms with Crippen LogP contribution >= 0.6 is 0 Å². The Labute approximate surface area is 154 Å². The molecule has 0 aliphatic heterocycles. The number of hydrogen-bond donors (Lipinski definition) is 2. The highest BCUT2D eigenvalue weighted by molar-refractivity contribution is 5.84. The summed E-state index contributed by atoms with van der Waals surface area (Å²) in [6.07, 6.45) is -3.84. The first-order valence-corrected chi connectivity index (χ1v) is 8.50. The van der Waals surface area contributed by atoms with Crippen LogP contribution in [0, 0.1) is 5.92 Å². The molecule has 2 aromatic carbocycles. The summed E-state index contributed by atoms with van der Waals surface area (Å²) in [7, 11) is 0. The molecule has 0 saturated heterocycles. The van der Waals surface area contributed by atoms with Crippen LogP contribution < -0.4 is 5.32 Å². The largest absolute Gasteiger partial charge is 0.481 e. The number of carbonyl (C=O) groups excluding carboxylic acids is 1. The summed E-state index contributed by atoms with van der Waals surface area (Å²) in [5.74, 6) is -2.63. The van der Waals surface area contributed by atoms with Crippen molar-refractivity contribution in [1.29, 1.82) is 0 Å². The minimum Gasteiger partial charge on any atom is -0.481 e. The molecule has 1 aliphatic rings. The third-order valence-electron chi connectivity index (χ3n) is 4.77. The number of benzene rings is 2. The van der Waals surface area contributed by atoms with Crippen molar-refractivity contribution in [3.8, 4) is 0 Å². The lowest BCUT2D eigenvalue weighted by molar-refractivity contribution is -0.139. The predicted molar refractivity (Wildman–Crippen MR) is 92.1 cm³/mol. The lowest BCUT2D eigenvalue weighted by atomic mass is 9.99. The molecule has 0 spiro atoms. The summed E-state index contributed by atoms with van der Waals surface area (Å²) >= 11 is 0. The molecule has 27 heavy (non-hydrogen) atoms. The van der Waals surface area contributed by atoms with Crippen molar-refractivity contribution in [2.45, 2.75) is 24.4 Å². The fraction of sp³-hybridized carbons (Fsp3) is 0.300. The van der Waals surface area contributed by atoms with Gasteiger partial charge < -0.3 is 10.4 Å². The van der Waals surface area contributed by atoms with Crippen LogP contribution in [0.3, 0.4) is 0 Å². The van der Waals surface area contributed by atoms with Gasteiger partial charge in [0.15, 0.2) is 0 Å². The van der Waals surface area contributed by atoms with Crippen LogP contribution in [-0.4, -0.2) is 23.5 Å². The van der Waals surface area contributed by atoms with E-state index in [1.165, 1.54) is 12.1 Å². The Morgan fingerprint density at radius 2 is 1.70 bits per heavy atom. The van der Waals surface area contributed by atoms with E-state index in [1.54, 1.807) is 30.3 Å². The highest BCUT2D eigenvalue weighted by Gasteiger charge is 2.44. The van der Waals surface area contributed by atoms with Crippen molar-refractivity contribution in [2.75, 3.05) is 6.54 Å². The second-order valence-electron chi connectivity index (χ2n) is 6.62. The van der Waals surface area contributed by atoms with E-state index in [-0.39, 0.29) is 24.3 Å². The van der Waals surface area contributed by atoms with Gasteiger partial charge in [0.05, 0.1) is 11.5 Å². The monoisotopic (exact) mass is 377 g/mol. The molecular formula is C20H18F3NO3. The predicted octanol–water partition coefficient (Wildman–Crippen LogP) is 3.79. The van der Waals surface area contributed by atoms with Crippen LogP contribution in [0.15, 0.2) is 54.6 Å². The van der Waals surface area contributed by atoms with Gasteiger partial charge in [-0.3, -0.25) is 9.59 Å². The maximum atomic E-state index is 12.6. The number of aliphatic carboxylic acids is 1. The Balaban J connectivity index is 1.57. The minimum absolute atomic E-state index is 0.0333. The topological polar surface area (TPSA) is 66.4 Å². The molecule has 0 bridgehead atoms. The number of carboxylic acids is 1. The normalized spacial score (nSPS) is 20.0. The molecule has 3 rings (SSSR count). The molecule has 0 heterocycles. The lowest BCUT2D eigenvalue weighted by Gasteiger charge is -2.14. The number of hydrogen-bond acceptors (Lipinski definition) is 2. The molecule has 7 heteroatoms. The van der Waals surface area contributed by atoms with Crippen LogP contribution in [-0.2, 0) is 15.8 Å². The molecular weight excluding hydrogens is 359 g/mol. The van der Waals surface area contributed by atoms with E-state index in [4.69, 9.17) is 0 Å². The number of alkyl halides is 3. The zero-order valence-electron chi connectivity index (χ0n) is 14.2. The first-order valence-electron chi connectivity index (χ1n) is 8.50. The average Bonchev–Trinajstić information content (AvgIpc) is 3.42. The van der Waals surface area contributed by atoms with Gasteiger partial charge in [0.25, 0.3) is 0 Å². The van der Waals surface area contributed by atoms with Gasteiger partial charge in [-0.05, 0) is 35.6 Å². The molecule has 4 nitrogen and oxygen atoms in total. The number of rotatable bonds is 6. The lowest BCUT2D eigenvalue weighted by Crippen LogP contribution is -2.32. The standard InChI is InChI=1S/C20H18F3NO3/c21-20(22,23)14-8-6-13(7-9-14)15-10-16(15)18(25)24-11-17(19(26)27)12-4-2-1-3-5-12/h1-9,15-17H,10-11H2,(H,24,25)(H,26,27). The van der Waals surface area contributed by atoms with Crippen molar-refractivity contribution in [3.63, 3.8) is 0 Å². The maximum absolute atomic E-state index is 12.6. The van der Waals surface area contributed by atoms with Crippen molar-refractivity contribution in [1.82, 2.24) is 5.32 Å². The molecule has 0 aromatic heterocycles. The zero-order valence-corrected chi connectivity index (χ0v) is 14.2. The van der Waals surface area contributed by atoms with E-state index in [0.717, 1.165) is 12.1 Å². The van der Waals surface area contributed by atoms with Crippen LogP contribution in [0.4, 0.5) is 13.2 Å². The Kier molecular flexibility index (Phi) is 5.21. The summed E-state index contributed by atoms with van der Waals surface area (Å²) in [6, 6.07) is 13.4. The van der Waals surface area contributed by atoms with Crippen LogP contribution in [0.1, 0.15) is 34.9 Å².